The number of aromatic amines is 1. The lowest BCUT2D eigenvalue weighted by Crippen LogP contribution is -2.47. The average Bonchev–Trinajstić information content (AvgIpc) is 3.19. The van der Waals surface area contributed by atoms with Crippen LogP contribution in [-0.2, 0) is 0 Å². The zero-order chi connectivity index (χ0) is 15.4. The summed E-state index contributed by atoms with van der Waals surface area (Å²) in [6.07, 6.45) is 10.5. The molecule has 1 saturated carbocycles. The fourth-order valence-corrected chi connectivity index (χ4v) is 4.82. The molecule has 1 aromatic heterocycles. The summed E-state index contributed by atoms with van der Waals surface area (Å²) in [4.78, 5) is 14.7. The second-order valence-corrected chi connectivity index (χ2v) is 7.85. The summed E-state index contributed by atoms with van der Waals surface area (Å²) in [7, 11) is 0. The molecule has 1 saturated heterocycles. The Bertz CT molecular complexity index is 479. The first-order valence-electron chi connectivity index (χ1n) is 8.45. The molecule has 1 aliphatic carbocycles. The zero-order valence-corrected chi connectivity index (χ0v) is 14.1. The molecule has 0 spiro atoms. The average molecular weight is 322 g/mol. The molecule has 6 heteroatoms. The summed E-state index contributed by atoms with van der Waals surface area (Å²) < 4.78 is 0. The lowest BCUT2D eigenvalue weighted by Gasteiger charge is -2.36. The SMILES string of the molecule is CCS[C@@H]1CC[C@H](NC(=O)N2CCCC[C@H]2c2cn[nH]c2)C1. The van der Waals surface area contributed by atoms with Crippen molar-refractivity contribution in [2.75, 3.05) is 12.3 Å². The summed E-state index contributed by atoms with van der Waals surface area (Å²) >= 11 is 2.03. The minimum atomic E-state index is 0.109. The molecule has 122 valence electrons. The molecule has 2 aliphatic rings. The van der Waals surface area contributed by atoms with Crippen molar-refractivity contribution in [1.29, 1.82) is 0 Å². The number of H-pyrrole nitrogens is 1. The van der Waals surface area contributed by atoms with Crippen LogP contribution in [0.3, 0.4) is 0 Å². The first-order chi connectivity index (χ1) is 10.8. The van der Waals surface area contributed by atoms with E-state index in [1.165, 1.54) is 18.6 Å². The van der Waals surface area contributed by atoms with E-state index >= 15 is 0 Å². The molecule has 2 fully saturated rings. The topological polar surface area (TPSA) is 61.0 Å². The van der Waals surface area contributed by atoms with E-state index in [-0.39, 0.29) is 12.1 Å². The van der Waals surface area contributed by atoms with Gasteiger partial charge in [-0.2, -0.15) is 16.9 Å². The molecule has 3 rings (SSSR count). The predicted molar refractivity (Wildman–Crippen MR) is 90.0 cm³/mol. The Morgan fingerprint density at radius 2 is 2.36 bits per heavy atom. The van der Waals surface area contributed by atoms with E-state index < -0.39 is 0 Å². The number of nitrogens with one attached hydrogen (secondary N) is 2. The molecule has 2 N–H and O–H groups in total. The van der Waals surface area contributed by atoms with Gasteiger partial charge in [0.15, 0.2) is 0 Å². The van der Waals surface area contributed by atoms with Gasteiger partial charge in [-0.1, -0.05) is 6.92 Å². The van der Waals surface area contributed by atoms with Crippen LogP contribution >= 0.6 is 11.8 Å². The molecule has 22 heavy (non-hydrogen) atoms. The van der Waals surface area contributed by atoms with E-state index in [1.807, 2.05) is 29.1 Å². The summed E-state index contributed by atoms with van der Waals surface area (Å²) in [5, 5.41) is 10.9. The predicted octanol–water partition coefficient (Wildman–Crippen LogP) is 3.32. The second-order valence-electron chi connectivity index (χ2n) is 6.27. The number of hydrogen-bond acceptors (Lipinski definition) is 3. The van der Waals surface area contributed by atoms with Gasteiger partial charge >= 0.3 is 6.03 Å². The van der Waals surface area contributed by atoms with Crippen molar-refractivity contribution in [1.82, 2.24) is 20.4 Å². The first-order valence-corrected chi connectivity index (χ1v) is 9.50. The van der Waals surface area contributed by atoms with Crippen molar-refractivity contribution in [3.05, 3.63) is 18.0 Å². The normalized spacial score (nSPS) is 28.8. The summed E-state index contributed by atoms with van der Waals surface area (Å²) in [6, 6.07) is 0.635. The van der Waals surface area contributed by atoms with Crippen molar-refractivity contribution in [3.8, 4) is 0 Å². The maximum absolute atomic E-state index is 12.7. The zero-order valence-electron chi connectivity index (χ0n) is 13.3. The van der Waals surface area contributed by atoms with E-state index in [0.29, 0.717) is 6.04 Å². The molecule has 2 heterocycles. The maximum Gasteiger partial charge on any atom is 0.318 e. The quantitative estimate of drug-likeness (QED) is 0.894. The van der Waals surface area contributed by atoms with Crippen LogP contribution in [0.4, 0.5) is 4.79 Å². The number of piperidine rings is 1. The first kappa shape index (κ1) is 15.7. The number of aromatic nitrogens is 2. The van der Waals surface area contributed by atoms with Crippen molar-refractivity contribution >= 4 is 17.8 Å². The van der Waals surface area contributed by atoms with E-state index in [9.17, 15) is 4.79 Å². The number of hydrogen-bond donors (Lipinski definition) is 2. The molecule has 0 unspecified atom stereocenters. The molecule has 1 aromatic rings. The largest absolute Gasteiger partial charge is 0.335 e. The Hall–Kier alpha value is -1.17. The van der Waals surface area contributed by atoms with Crippen LogP contribution in [0.25, 0.3) is 0 Å². The van der Waals surface area contributed by atoms with Gasteiger partial charge in [0, 0.05) is 29.6 Å². The molecule has 1 aliphatic heterocycles. The van der Waals surface area contributed by atoms with E-state index in [1.54, 1.807) is 0 Å². The maximum atomic E-state index is 12.7. The van der Waals surface area contributed by atoms with Crippen LogP contribution in [-0.4, -0.2) is 44.7 Å². The summed E-state index contributed by atoms with van der Waals surface area (Å²) in [5.74, 6) is 1.17. The highest BCUT2D eigenvalue weighted by molar-refractivity contribution is 7.99. The van der Waals surface area contributed by atoms with Gasteiger partial charge in [-0.05, 0) is 44.3 Å². The lowest BCUT2D eigenvalue weighted by molar-refractivity contribution is 0.148. The Morgan fingerprint density at radius 3 is 3.14 bits per heavy atom. The number of carbonyl (C=O) groups is 1. The van der Waals surface area contributed by atoms with Crippen LogP contribution in [0, 0.1) is 0 Å². The Balaban J connectivity index is 1.58. The third-order valence-electron chi connectivity index (χ3n) is 4.78. The number of amides is 2. The van der Waals surface area contributed by atoms with Crippen molar-refractivity contribution < 1.29 is 4.79 Å². The standard InChI is InChI=1S/C16H26N4OS/c1-2-22-14-7-6-13(9-14)19-16(21)20-8-4-3-5-15(20)12-10-17-18-11-12/h10-11,13-15H,2-9H2,1H3,(H,17,18)(H,19,21)/t13-,14+,15-/m0/s1. The third-order valence-corrected chi connectivity index (χ3v) is 6.02. The second kappa shape index (κ2) is 7.40. The Labute approximate surface area is 136 Å². The summed E-state index contributed by atoms with van der Waals surface area (Å²) in [6.45, 7) is 3.06. The van der Waals surface area contributed by atoms with Gasteiger partial charge in [0.1, 0.15) is 0 Å². The van der Waals surface area contributed by atoms with Gasteiger partial charge < -0.3 is 10.2 Å². The minimum absolute atomic E-state index is 0.109. The fourth-order valence-electron chi connectivity index (χ4n) is 3.68. The number of thioether (sulfide) groups is 1. The van der Waals surface area contributed by atoms with Gasteiger partial charge in [-0.15, -0.1) is 0 Å². The number of urea groups is 1. The van der Waals surface area contributed by atoms with Gasteiger partial charge in [0.25, 0.3) is 0 Å². The molecule has 3 atom stereocenters. The van der Waals surface area contributed by atoms with Crippen LogP contribution < -0.4 is 5.32 Å². The Kier molecular flexibility index (Phi) is 5.28. The highest BCUT2D eigenvalue weighted by Gasteiger charge is 2.32. The Morgan fingerprint density at radius 1 is 1.45 bits per heavy atom. The van der Waals surface area contributed by atoms with Crippen molar-refractivity contribution in [2.24, 2.45) is 0 Å². The third kappa shape index (κ3) is 3.59. The molecule has 2 amide bonds. The van der Waals surface area contributed by atoms with Crippen LogP contribution in [0.1, 0.15) is 57.1 Å². The fraction of sp³-hybridized carbons (Fsp3) is 0.750. The highest BCUT2D eigenvalue weighted by atomic mass is 32.2. The van der Waals surface area contributed by atoms with Crippen LogP contribution in [0.15, 0.2) is 12.4 Å². The molecule has 5 nitrogen and oxygen atoms in total. The number of nitrogens with zero attached hydrogens (tertiary/aromatic N) is 2. The van der Waals surface area contributed by atoms with Gasteiger partial charge in [-0.25, -0.2) is 4.79 Å². The van der Waals surface area contributed by atoms with E-state index in [4.69, 9.17) is 0 Å². The van der Waals surface area contributed by atoms with Gasteiger partial charge in [0.05, 0.1) is 12.2 Å². The number of likely N-dealkylation sites (tertiary alicyclic amines) is 1. The van der Waals surface area contributed by atoms with Gasteiger partial charge in [0.2, 0.25) is 0 Å². The monoisotopic (exact) mass is 322 g/mol. The molecule has 0 aromatic carbocycles. The number of rotatable bonds is 4. The van der Waals surface area contributed by atoms with E-state index in [0.717, 1.165) is 43.0 Å². The molecular weight excluding hydrogens is 296 g/mol. The minimum Gasteiger partial charge on any atom is -0.335 e. The smallest absolute Gasteiger partial charge is 0.318 e. The molecule has 0 bridgehead atoms. The molecular formula is C16H26N4OS. The number of carbonyl (C=O) groups excluding carboxylic acids is 1. The molecule has 0 radical (unpaired) electrons. The van der Waals surface area contributed by atoms with Crippen LogP contribution in [0.5, 0.6) is 0 Å². The van der Waals surface area contributed by atoms with E-state index in [2.05, 4.69) is 22.4 Å². The van der Waals surface area contributed by atoms with Crippen molar-refractivity contribution in [3.63, 3.8) is 0 Å². The van der Waals surface area contributed by atoms with Crippen LogP contribution in [0.2, 0.25) is 0 Å². The van der Waals surface area contributed by atoms with Gasteiger partial charge in [-0.3, -0.25) is 5.10 Å². The lowest BCUT2D eigenvalue weighted by atomic mass is 9.98. The van der Waals surface area contributed by atoms with Crippen molar-refractivity contribution in [2.45, 2.75) is 62.8 Å². The summed E-state index contributed by atoms with van der Waals surface area (Å²) in [5.41, 5.74) is 1.13. The highest BCUT2D eigenvalue weighted by Crippen LogP contribution is 2.32.